The minimum Gasteiger partial charge on any atom is -0.426 e. The summed E-state index contributed by atoms with van der Waals surface area (Å²) in [5, 5.41) is 0. The van der Waals surface area contributed by atoms with Gasteiger partial charge in [0.05, 0.1) is 23.4 Å². The lowest BCUT2D eigenvalue weighted by molar-refractivity contribution is -0.139. The zero-order valence-electron chi connectivity index (χ0n) is 17.3. The first kappa shape index (κ1) is 20.2. The van der Waals surface area contributed by atoms with Crippen LogP contribution in [0.5, 0.6) is 5.75 Å². The van der Waals surface area contributed by atoms with Crippen molar-refractivity contribution in [1.29, 1.82) is 0 Å². The van der Waals surface area contributed by atoms with Crippen molar-refractivity contribution in [2.24, 2.45) is 17.8 Å². The minimum atomic E-state index is -0.588. The van der Waals surface area contributed by atoms with Gasteiger partial charge in [0.1, 0.15) is 5.75 Å². The van der Waals surface area contributed by atoms with Crippen molar-refractivity contribution >= 4 is 35.1 Å². The third-order valence-electron chi connectivity index (χ3n) is 6.33. The molecule has 162 valence electrons. The Morgan fingerprint density at radius 3 is 2.19 bits per heavy atom. The van der Waals surface area contributed by atoms with Crippen molar-refractivity contribution < 1.29 is 23.9 Å². The second-order valence-electron chi connectivity index (χ2n) is 8.33. The maximum Gasteiger partial charge on any atom is 0.316 e. The monoisotopic (exact) mass is 430 g/mol. The maximum atomic E-state index is 12.8. The number of fused-ring (bicyclic) bond motifs is 1. The molecule has 2 aliphatic heterocycles. The summed E-state index contributed by atoms with van der Waals surface area (Å²) in [6.07, 6.45) is 5.08. The smallest absolute Gasteiger partial charge is 0.316 e. The zero-order valence-corrected chi connectivity index (χ0v) is 17.3. The van der Waals surface area contributed by atoms with E-state index in [4.69, 9.17) is 4.74 Å². The quantitative estimate of drug-likeness (QED) is 0.322. The molecule has 0 N–H and O–H groups in total. The van der Waals surface area contributed by atoms with Crippen LogP contribution in [0.3, 0.4) is 0 Å². The van der Waals surface area contributed by atoms with Crippen molar-refractivity contribution in [3.8, 4) is 5.75 Å². The molecule has 0 unspecified atom stereocenters. The van der Waals surface area contributed by atoms with E-state index in [-0.39, 0.29) is 48.3 Å². The summed E-state index contributed by atoms with van der Waals surface area (Å²) in [5.41, 5.74) is 1.14. The second-order valence-corrected chi connectivity index (χ2v) is 8.33. The number of esters is 1. The molecule has 2 saturated heterocycles. The minimum absolute atomic E-state index is 0.0763. The number of carbonyl (C=O) groups is 4. The maximum absolute atomic E-state index is 12.8. The van der Waals surface area contributed by atoms with Crippen LogP contribution in [0.4, 0.5) is 11.4 Å². The predicted molar refractivity (Wildman–Crippen MR) is 117 cm³/mol. The average Bonchev–Trinajstić information content (AvgIpc) is 3.32. The second kappa shape index (κ2) is 8.07. The molecule has 32 heavy (non-hydrogen) atoms. The number of amides is 3. The average molecular weight is 430 g/mol. The third kappa shape index (κ3) is 3.49. The van der Waals surface area contributed by atoms with Crippen LogP contribution in [-0.4, -0.2) is 30.2 Å². The van der Waals surface area contributed by atoms with Gasteiger partial charge in [-0.1, -0.05) is 36.4 Å². The number of hydrogen-bond acceptors (Lipinski definition) is 5. The summed E-state index contributed by atoms with van der Waals surface area (Å²) in [6.45, 7) is 0.251. The number of benzene rings is 2. The van der Waals surface area contributed by atoms with E-state index in [9.17, 15) is 19.2 Å². The highest BCUT2D eigenvalue weighted by Crippen LogP contribution is 2.38. The molecule has 3 amide bonds. The van der Waals surface area contributed by atoms with Gasteiger partial charge < -0.3 is 9.64 Å². The summed E-state index contributed by atoms with van der Waals surface area (Å²) in [4.78, 5) is 53.6. The summed E-state index contributed by atoms with van der Waals surface area (Å²) in [5.74, 6) is -2.07. The number of allylic oxidation sites excluding steroid dienone is 2. The molecule has 7 nitrogen and oxygen atoms in total. The van der Waals surface area contributed by atoms with E-state index in [1.807, 2.05) is 42.5 Å². The molecule has 2 heterocycles. The van der Waals surface area contributed by atoms with Gasteiger partial charge in [-0.25, -0.2) is 4.90 Å². The molecule has 1 aliphatic carbocycles. The Morgan fingerprint density at radius 1 is 0.844 bits per heavy atom. The van der Waals surface area contributed by atoms with Gasteiger partial charge in [0, 0.05) is 24.7 Å². The van der Waals surface area contributed by atoms with E-state index >= 15 is 0 Å². The van der Waals surface area contributed by atoms with Gasteiger partial charge in [-0.15, -0.1) is 0 Å². The largest absolute Gasteiger partial charge is 0.426 e. The molecule has 0 bridgehead atoms. The van der Waals surface area contributed by atoms with Gasteiger partial charge >= 0.3 is 5.97 Å². The number of anilines is 2. The Balaban J connectivity index is 1.30. The number of para-hydroxylation sites is 1. The molecule has 0 radical (unpaired) electrons. The highest BCUT2D eigenvalue weighted by Gasteiger charge is 2.48. The van der Waals surface area contributed by atoms with E-state index in [1.165, 1.54) is 11.0 Å². The molecule has 0 aromatic heterocycles. The van der Waals surface area contributed by atoms with E-state index < -0.39 is 11.9 Å². The van der Waals surface area contributed by atoms with Gasteiger partial charge in [0.15, 0.2) is 0 Å². The number of nitrogens with zero attached hydrogens (tertiary/aromatic N) is 2. The molecule has 3 atom stereocenters. The van der Waals surface area contributed by atoms with Crippen LogP contribution in [0.1, 0.15) is 19.3 Å². The van der Waals surface area contributed by atoms with Crippen molar-refractivity contribution in [2.45, 2.75) is 19.3 Å². The fourth-order valence-electron chi connectivity index (χ4n) is 4.66. The van der Waals surface area contributed by atoms with Gasteiger partial charge in [-0.05, 0) is 37.1 Å². The lowest BCUT2D eigenvalue weighted by Gasteiger charge is -2.17. The van der Waals surface area contributed by atoms with Crippen LogP contribution >= 0.6 is 0 Å². The molecule has 5 rings (SSSR count). The zero-order chi connectivity index (χ0) is 22.2. The van der Waals surface area contributed by atoms with Crippen LogP contribution in [0.2, 0.25) is 0 Å². The Bertz CT molecular complexity index is 1100. The first-order valence-corrected chi connectivity index (χ1v) is 10.7. The molecular formula is C25H22N2O5. The van der Waals surface area contributed by atoms with Crippen LogP contribution in [-0.2, 0) is 19.2 Å². The molecule has 0 saturated carbocycles. The highest BCUT2D eigenvalue weighted by molar-refractivity contribution is 6.22. The molecule has 2 aromatic carbocycles. The summed E-state index contributed by atoms with van der Waals surface area (Å²) in [6, 6.07) is 15.6. The number of imide groups is 1. The summed E-state index contributed by atoms with van der Waals surface area (Å²) >= 11 is 0. The number of hydrogen-bond donors (Lipinski definition) is 0. The highest BCUT2D eigenvalue weighted by atomic mass is 16.5. The standard InChI is InChI=1S/C25H22N2O5/c28-22-13-16(15-26(22)17-7-2-1-3-8-17)25(31)32-19-10-6-9-18(14-19)27-23(29)20-11-4-5-12-21(20)24(27)30/h1-10,14,16,20-21H,11-13,15H2/t16-,20-,21-/m0/s1. The lowest BCUT2D eigenvalue weighted by Crippen LogP contribution is -2.31. The third-order valence-corrected chi connectivity index (χ3v) is 6.33. The molecule has 0 spiro atoms. The van der Waals surface area contributed by atoms with E-state index in [0.29, 0.717) is 18.5 Å². The normalized spacial score (nSPS) is 24.8. The van der Waals surface area contributed by atoms with Gasteiger partial charge in [-0.3, -0.25) is 19.2 Å². The lowest BCUT2D eigenvalue weighted by atomic mass is 9.85. The Labute approximate surface area is 185 Å². The number of ether oxygens (including phenoxy) is 1. The summed E-state index contributed by atoms with van der Waals surface area (Å²) < 4.78 is 5.54. The van der Waals surface area contributed by atoms with Crippen molar-refractivity contribution in [1.82, 2.24) is 0 Å². The molecule has 2 aromatic rings. The van der Waals surface area contributed by atoms with Crippen molar-refractivity contribution in [3.05, 3.63) is 66.7 Å². The number of rotatable bonds is 4. The van der Waals surface area contributed by atoms with Crippen molar-refractivity contribution in [3.63, 3.8) is 0 Å². The fraction of sp³-hybridized carbons (Fsp3) is 0.280. The first-order chi connectivity index (χ1) is 15.5. The van der Waals surface area contributed by atoms with E-state index in [2.05, 4.69) is 0 Å². The van der Waals surface area contributed by atoms with Crippen LogP contribution < -0.4 is 14.5 Å². The molecule has 7 heteroatoms. The molecular weight excluding hydrogens is 408 g/mol. The topological polar surface area (TPSA) is 84.0 Å². The van der Waals surface area contributed by atoms with Gasteiger partial charge in [-0.2, -0.15) is 0 Å². The first-order valence-electron chi connectivity index (χ1n) is 10.7. The molecule has 2 fully saturated rings. The van der Waals surface area contributed by atoms with Gasteiger partial charge in [0.2, 0.25) is 17.7 Å². The molecule has 3 aliphatic rings. The van der Waals surface area contributed by atoms with Crippen LogP contribution in [0.25, 0.3) is 0 Å². The van der Waals surface area contributed by atoms with Crippen LogP contribution in [0, 0.1) is 17.8 Å². The Morgan fingerprint density at radius 2 is 1.50 bits per heavy atom. The van der Waals surface area contributed by atoms with Crippen LogP contribution in [0.15, 0.2) is 66.7 Å². The van der Waals surface area contributed by atoms with Crippen molar-refractivity contribution in [2.75, 3.05) is 16.3 Å². The van der Waals surface area contributed by atoms with Gasteiger partial charge in [0.25, 0.3) is 0 Å². The summed E-state index contributed by atoms with van der Waals surface area (Å²) in [7, 11) is 0. The van der Waals surface area contributed by atoms with E-state index in [0.717, 1.165) is 5.69 Å². The van der Waals surface area contributed by atoms with E-state index in [1.54, 1.807) is 23.1 Å². The number of carbonyl (C=O) groups excluding carboxylic acids is 4. The SMILES string of the molecule is O=C(Oc1cccc(N2C(=O)[C@H]3CC=CC[C@@H]3C2=O)c1)[C@H]1CC(=O)N(c2ccccc2)C1. The predicted octanol–water partition coefficient (Wildman–Crippen LogP) is 3.10. The Hall–Kier alpha value is -3.74. The fourth-order valence-corrected chi connectivity index (χ4v) is 4.66. The Kier molecular flexibility index (Phi) is 5.09.